The summed E-state index contributed by atoms with van der Waals surface area (Å²) >= 11 is 1.41. The highest BCUT2D eigenvalue weighted by Crippen LogP contribution is 2.14. The molecule has 0 spiro atoms. The first kappa shape index (κ1) is 14.9. The number of rotatable bonds is 6. The van der Waals surface area contributed by atoms with Crippen LogP contribution in [0, 0.1) is 5.82 Å². The smallest absolute Gasteiger partial charge is 0.216 e. The summed E-state index contributed by atoms with van der Waals surface area (Å²) in [6, 6.07) is 5.39. The highest BCUT2D eigenvalue weighted by atomic mass is 32.2. The summed E-state index contributed by atoms with van der Waals surface area (Å²) in [5.41, 5.74) is 1.19. The van der Waals surface area contributed by atoms with E-state index >= 15 is 0 Å². The monoisotopic (exact) mass is 315 g/mol. The van der Waals surface area contributed by atoms with E-state index < -0.39 is 10.0 Å². The lowest BCUT2D eigenvalue weighted by Gasteiger charge is -2.05. The molecule has 0 aliphatic rings. The zero-order chi connectivity index (χ0) is 14.6. The zero-order valence-electron chi connectivity index (χ0n) is 10.8. The fourth-order valence-electron chi connectivity index (χ4n) is 1.54. The molecule has 0 bridgehead atoms. The summed E-state index contributed by atoms with van der Waals surface area (Å²) in [5, 5.41) is 5.40. The Hall–Kier alpha value is -1.51. The lowest BCUT2D eigenvalue weighted by molar-refractivity contribution is 0.579. The molecule has 0 fully saturated rings. The molecular weight excluding hydrogens is 301 g/mol. The van der Waals surface area contributed by atoms with Crippen LogP contribution in [0.25, 0.3) is 0 Å². The van der Waals surface area contributed by atoms with Crippen LogP contribution in [0.3, 0.4) is 0 Å². The van der Waals surface area contributed by atoms with Crippen molar-refractivity contribution in [2.24, 2.45) is 0 Å². The molecule has 1 aromatic carbocycles. The van der Waals surface area contributed by atoms with Crippen LogP contribution in [-0.2, 0) is 22.3 Å². The number of benzene rings is 1. The molecule has 108 valence electrons. The van der Waals surface area contributed by atoms with Crippen LogP contribution in [0.4, 0.5) is 9.52 Å². The van der Waals surface area contributed by atoms with Crippen LogP contribution in [0.1, 0.15) is 11.3 Å². The second kappa shape index (κ2) is 6.29. The number of anilines is 1. The Kier molecular flexibility index (Phi) is 4.69. The van der Waals surface area contributed by atoms with Crippen molar-refractivity contribution in [2.75, 3.05) is 12.4 Å². The Labute approximate surface area is 120 Å². The predicted molar refractivity (Wildman–Crippen MR) is 77.5 cm³/mol. The van der Waals surface area contributed by atoms with Crippen LogP contribution >= 0.6 is 11.3 Å². The van der Waals surface area contributed by atoms with Gasteiger partial charge in [0.2, 0.25) is 10.0 Å². The van der Waals surface area contributed by atoms with Crippen molar-refractivity contribution in [2.45, 2.75) is 12.3 Å². The Balaban J connectivity index is 1.95. The molecule has 0 saturated carbocycles. The van der Waals surface area contributed by atoms with Crippen molar-refractivity contribution < 1.29 is 12.8 Å². The van der Waals surface area contributed by atoms with Gasteiger partial charge in [-0.2, -0.15) is 0 Å². The quantitative estimate of drug-likeness (QED) is 0.854. The Morgan fingerprint density at radius 1 is 1.30 bits per heavy atom. The van der Waals surface area contributed by atoms with E-state index in [0.29, 0.717) is 11.3 Å². The van der Waals surface area contributed by atoms with Crippen LogP contribution in [-0.4, -0.2) is 20.4 Å². The van der Waals surface area contributed by atoms with Crippen LogP contribution < -0.4 is 10.0 Å². The number of sulfonamides is 1. The fourth-order valence-corrected chi connectivity index (χ4v) is 3.31. The lowest BCUT2D eigenvalue weighted by Crippen LogP contribution is -2.24. The standard InChI is InChI=1S/C12H14FN3O2S2/c1-14-12-16-11(7-19-12)6-15-20(17,18)8-9-2-4-10(13)5-3-9/h2-5,7,15H,6,8H2,1H3,(H,14,16). The van der Waals surface area contributed by atoms with Gasteiger partial charge in [0, 0.05) is 12.4 Å². The summed E-state index contributed by atoms with van der Waals surface area (Å²) in [6.45, 7) is 0.141. The van der Waals surface area contributed by atoms with E-state index in [2.05, 4.69) is 15.0 Å². The molecule has 20 heavy (non-hydrogen) atoms. The van der Waals surface area contributed by atoms with E-state index in [-0.39, 0.29) is 18.1 Å². The molecule has 1 heterocycles. The van der Waals surface area contributed by atoms with Gasteiger partial charge in [-0.05, 0) is 17.7 Å². The SMILES string of the molecule is CNc1nc(CNS(=O)(=O)Cc2ccc(F)cc2)cs1. The number of thiazole rings is 1. The Morgan fingerprint density at radius 2 is 2.00 bits per heavy atom. The zero-order valence-corrected chi connectivity index (χ0v) is 12.4. The summed E-state index contributed by atoms with van der Waals surface area (Å²) in [4.78, 5) is 4.18. The maximum absolute atomic E-state index is 12.7. The van der Waals surface area contributed by atoms with E-state index in [9.17, 15) is 12.8 Å². The number of nitrogens with one attached hydrogen (secondary N) is 2. The van der Waals surface area contributed by atoms with Crippen molar-refractivity contribution >= 4 is 26.5 Å². The highest BCUT2D eigenvalue weighted by Gasteiger charge is 2.12. The minimum atomic E-state index is -3.47. The predicted octanol–water partition coefficient (Wildman–Crippen LogP) is 1.94. The van der Waals surface area contributed by atoms with Gasteiger partial charge in [-0.25, -0.2) is 22.5 Å². The van der Waals surface area contributed by atoms with Gasteiger partial charge in [0.1, 0.15) is 5.82 Å². The van der Waals surface area contributed by atoms with Crippen molar-refractivity contribution in [3.63, 3.8) is 0 Å². The fraction of sp³-hybridized carbons (Fsp3) is 0.250. The van der Waals surface area contributed by atoms with Crippen molar-refractivity contribution in [1.29, 1.82) is 0 Å². The molecule has 0 saturated heterocycles. The van der Waals surface area contributed by atoms with E-state index in [0.717, 1.165) is 5.13 Å². The number of aromatic nitrogens is 1. The molecule has 1 aromatic heterocycles. The molecule has 2 rings (SSSR count). The first-order chi connectivity index (χ1) is 9.48. The minimum Gasteiger partial charge on any atom is -0.365 e. The topological polar surface area (TPSA) is 71.1 Å². The molecule has 0 amide bonds. The first-order valence-corrected chi connectivity index (χ1v) is 8.35. The third-order valence-corrected chi connectivity index (χ3v) is 4.71. The van der Waals surface area contributed by atoms with Crippen molar-refractivity contribution in [3.05, 3.63) is 46.7 Å². The summed E-state index contributed by atoms with van der Waals surface area (Å²) in [5.74, 6) is -0.572. The van der Waals surface area contributed by atoms with E-state index in [1.165, 1.54) is 35.6 Å². The molecule has 0 aliphatic carbocycles. The first-order valence-electron chi connectivity index (χ1n) is 5.82. The average molecular weight is 315 g/mol. The van der Waals surface area contributed by atoms with E-state index in [4.69, 9.17) is 0 Å². The Bertz CT molecular complexity index is 668. The average Bonchev–Trinajstić information content (AvgIpc) is 2.87. The summed E-state index contributed by atoms with van der Waals surface area (Å²) < 4.78 is 39.0. The van der Waals surface area contributed by atoms with Gasteiger partial charge in [-0.1, -0.05) is 12.1 Å². The lowest BCUT2D eigenvalue weighted by atomic mass is 10.2. The molecule has 5 nitrogen and oxygen atoms in total. The number of halogens is 1. The third kappa shape index (κ3) is 4.26. The molecular formula is C12H14FN3O2S2. The second-order valence-corrected chi connectivity index (χ2v) is 6.77. The van der Waals surface area contributed by atoms with Crippen molar-refractivity contribution in [3.8, 4) is 0 Å². The van der Waals surface area contributed by atoms with Gasteiger partial charge in [0.15, 0.2) is 5.13 Å². The molecule has 2 N–H and O–H groups in total. The third-order valence-electron chi connectivity index (χ3n) is 2.51. The molecule has 0 radical (unpaired) electrons. The second-order valence-electron chi connectivity index (χ2n) is 4.10. The van der Waals surface area contributed by atoms with Crippen molar-refractivity contribution in [1.82, 2.24) is 9.71 Å². The maximum Gasteiger partial charge on any atom is 0.216 e. The van der Waals surface area contributed by atoms with Crippen LogP contribution in [0.2, 0.25) is 0 Å². The van der Waals surface area contributed by atoms with Gasteiger partial charge in [-0.3, -0.25) is 0 Å². The normalized spacial score (nSPS) is 11.5. The van der Waals surface area contributed by atoms with Crippen LogP contribution in [0.15, 0.2) is 29.6 Å². The van der Waals surface area contributed by atoms with E-state index in [1.807, 2.05) is 0 Å². The van der Waals surface area contributed by atoms with Gasteiger partial charge in [0.05, 0.1) is 18.0 Å². The highest BCUT2D eigenvalue weighted by molar-refractivity contribution is 7.88. The minimum absolute atomic E-state index is 0.141. The number of hydrogen-bond acceptors (Lipinski definition) is 5. The molecule has 0 atom stereocenters. The van der Waals surface area contributed by atoms with E-state index in [1.54, 1.807) is 12.4 Å². The maximum atomic E-state index is 12.7. The van der Waals surface area contributed by atoms with Crippen LogP contribution in [0.5, 0.6) is 0 Å². The van der Waals surface area contributed by atoms with Gasteiger partial charge < -0.3 is 5.32 Å². The Morgan fingerprint density at radius 3 is 2.60 bits per heavy atom. The van der Waals surface area contributed by atoms with Gasteiger partial charge >= 0.3 is 0 Å². The molecule has 0 aliphatic heterocycles. The van der Waals surface area contributed by atoms with Gasteiger partial charge in [-0.15, -0.1) is 11.3 Å². The molecule has 0 unspecified atom stereocenters. The molecule has 2 aromatic rings. The van der Waals surface area contributed by atoms with Gasteiger partial charge in [0.25, 0.3) is 0 Å². The molecule has 8 heteroatoms. The number of nitrogens with zero attached hydrogens (tertiary/aromatic N) is 1. The summed E-state index contributed by atoms with van der Waals surface area (Å²) in [7, 11) is -1.72. The summed E-state index contributed by atoms with van der Waals surface area (Å²) in [6.07, 6.45) is 0. The largest absolute Gasteiger partial charge is 0.365 e. The number of hydrogen-bond donors (Lipinski definition) is 2.